The maximum atomic E-state index is 12.1. The minimum Gasteiger partial charge on any atom is -0.466 e. The third-order valence-corrected chi connectivity index (χ3v) is 4.31. The molecule has 1 heterocycles. The average molecular weight is 370 g/mol. The van der Waals surface area contributed by atoms with Crippen molar-refractivity contribution in [2.75, 3.05) is 31.6 Å². The Morgan fingerprint density at radius 1 is 1.36 bits per heavy atom. The Hall–Kier alpha value is -1.40. The number of amides is 1. The number of piperidine rings is 1. The third-order valence-electron chi connectivity index (χ3n) is 3.78. The molecule has 2 N–H and O–H groups in total. The van der Waals surface area contributed by atoms with E-state index in [9.17, 15) is 9.59 Å². The van der Waals surface area contributed by atoms with Gasteiger partial charge in [-0.25, -0.2) is 0 Å². The van der Waals surface area contributed by atoms with Crippen molar-refractivity contribution in [3.8, 4) is 0 Å². The van der Waals surface area contributed by atoms with Crippen LogP contribution in [0.3, 0.4) is 0 Å². The van der Waals surface area contributed by atoms with Gasteiger partial charge in [-0.15, -0.1) is 0 Å². The zero-order valence-electron chi connectivity index (χ0n) is 12.7. The molecule has 0 radical (unpaired) electrons. The lowest BCUT2D eigenvalue weighted by atomic mass is 9.98. The van der Waals surface area contributed by atoms with Gasteiger partial charge in [0.2, 0.25) is 0 Å². The summed E-state index contributed by atoms with van der Waals surface area (Å²) >= 11 is 3.36. The van der Waals surface area contributed by atoms with E-state index >= 15 is 0 Å². The second-order valence-corrected chi connectivity index (χ2v) is 6.44. The molecule has 1 saturated heterocycles. The SMILES string of the molecule is CCOC(=O)[C@H]1CCC[NH+](CC(=O)Nc2ccc(Br)cc2)C1. The van der Waals surface area contributed by atoms with Gasteiger partial charge < -0.3 is 15.0 Å². The quantitative estimate of drug-likeness (QED) is 0.767. The first-order valence-corrected chi connectivity index (χ1v) is 8.43. The number of hydrogen-bond donors (Lipinski definition) is 2. The van der Waals surface area contributed by atoms with Crippen LogP contribution in [-0.4, -0.2) is 38.1 Å². The molecule has 0 aliphatic carbocycles. The number of nitrogens with one attached hydrogen (secondary N) is 2. The molecule has 6 heteroatoms. The highest BCUT2D eigenvalue weighted by Crippen LogP contribution is 2.14. The number of rotatable bonds is 5. The summed E-state index contributed by atoms with van der Waals surface area (Å²) in [5, 5.41) is 2.89. The Labute approximate surface area is 139 Å². The monoisotopic (exact) mass is 369 g/mol. The molecular formula is C16H22BrN2O3+. The lowest BCUT2D eigenvalue weighted by Crippen LogP contribution is -3.14. The second-order valence-electron chi connectivity index (χ2n) is 5.53. The number of likely N-dealkylation sites (tertiary alicyclic amines) is 1. The van der Waals surface area contributed by atoms with Crippen LogP contribution in [-0.2, 0) is 14.3 Å². The van der Waals surface area contributed by atoms with Crippen LogP contribution in [0.1, 0.15) is 19.8 Å². The fourth-order valence-electron chi connectivity index (χ4n) is 2.74. The number of ether oxygens (including phenoxy) is 1. The van der Waals surface area contributed by atoms with Crippen LogP contribution in [0.25, 0.3) is 0 Å². The van der Waals surface area contributed by atoms with Gasteiger partial charge in [-0.2, -0.15) is 0 Å². The smallest absolute Gasteiger partial charge is 0.314 e. The molecule has 1 unspecified atom stereocenters. The van der Waals surface area contributed by atoms with Gasteiger partial charge >= 0.3 is 5.97 Å². The zero-order valence-corrected chi connectivity index (χ0v) is 14.3. The predicted molar refractivity (Wildman–Crippen MR) is 87.7 cm³/mol. The van der Waals surface area contributed by atoms with Crippen LogP contribution in [0.2, 0.25) is 0 Å². The van der Waals surface area contributed by atoms with Crippen LogP contribution >= 0.6 is 15.9 Å². The summed E-state index contributed by atoms with van der Waals surface area (Å²) in [5.74, 6) is -0.237. The first-order chi connectivity index (χ1) is 10.6. The van der Waals surface area contributed by atoms with Gasteiger partial charge in [-0.3, -0.25) is 9.59 Å². The molecule has 1 aliphatic heterocycles. The van der Waals surface area contributed by atoms with Crippen LogP contribution in [0, 0.1) is 5.92 Å². The number of benzene rings is 1. The molecule has 0 aromatic heterocycles. The molecule has 0 saturated carbocycles. The lowest BCUT2D eigenvalue weighted by molar-refractivity contribution is -0.899. The van der Waals surface area contributed by atoms with E-state index in [0.29, 0.717) is 19.7 Å². The number of carbonyl (C=O) groups excluding carboxylic acids is 2. The Kier molecular flexibility index (Phi) is 6.39. The molecule has 0 spiro atoms. The molecule has 5 nitrogen and oxygen atoms in total. The van der Waals surface area contributed by atoms with Crippen molar-refractivity contribution in [3.63, 3.8) is 0 Å². The van der Waals surface area contributed by atoms with Crippen molar-refractivity contribution in [2.45, 2.75) is 19.8 Å². The Bertz CT molecular complexity index is 519. The average Bonchev–Trinajstić information content (AvgIpc) is 2.50. The van der Waals surface area contributed by atoms with Crippen LogP contribution < -0.4 is 10.2 Å². The standard InChI is InChI=1S/C16H21BrN2O3/c1-2-22-16(21)12-4-3-9-19(10-12)11-15(20)18-14-7-5-13(17)6-8-14/h5-8,12H,2-4,9-11H2,1H3,(H,18,20)/p+1/t12-/m0/s1. The molecule has 1 amide bonds. The van der Waals surface area contributed by atoms with Crippen LogP contribution in [0.5, 0.6) is 0 Å². The molecule has 1 aliphatic rings. The fourth-order valence-corrected chi connectivity index (χ4v) is 3.00. The molecule has 22 heavy (non-hydrogen) atoms. The first-order valence-electron chi connectivity index (χ1n) is 7.64. The summed E-state index contributed by atoms with van der Waals surface area (Å²) in [5.41, 5.74) is 0.784. The van der Waals surface area contributed by atoms with Gasteiger partial charge in [0.1, 0.15) is 5.92 Å². The number of quaternary nitrogens is 1. The number of esters is 1. The normalized spacial score (nSPS) is 21.2. The zero-order chi connectivity index (χ0) is 15.9. The van der Waals surface area contributed by atoms with Crippen molar-refractivity contribution < 1.29 is 19.2 Å². The molecule has 1 fully saturated rings. The minimum atomic E-state index is -0.131. The summed E-state index contributed by atoms with van der Waals surface area (Å²) in [6, 6.07) is 7.49. The predicted octanol–water partition coefficient (Wildman–Crippen LogP) is 1.25. The summed E-state index contributed by atoms with van der Waals surface area (Å²) in [6.45, 7) is 4.20. The topological polar surface area (TPSA) is 59.8 Å². The Morgan fingerprint density at radius 3 is 2.77 bits per heavy atom. The van der Waals surface area contributed by atoms with E-state index in [2.05, 4.69) is 21.2 Å². The number of carbonyl (C=O) groups is 2. The van der Waals surface area contributed by atoms with Crippen molar-refractivity contribution in [1.29, 1.82) is 0 Å². The maximum absolute atomic E-state index is 12.1. The van der Waals surface area contributed by atoms with Gasteiger partial charge in [-0.1, -0.05) is 15.9 Å². The second kappa shape index (κ2) is 8.29. The van der Waals surface area contributed by atoms with E-state index in [4.69, 9.17) is 4.74 Å². The summed E-state index contributed by atoms with van der Waals surface area (Å²) in [7, 11) is 0. The van der Waals surface area contributed by atoms with Gasteiger partial charge in [0.25, 0.3) is 5.91 Å². The van der Waals surface area contributed by atoms with Gasteiger partial charge in [0, 0.05) is 10.2 Å². The van der Waals surface area contributed by atoms with Crippen molar-refractivity contribution in [2.24, 2.45) is 5.92 Å². The molecule has 2 atom stereocenters. The highest BCUT2D eigenvalue weighted by atomic mass is 79.9. The van der Waals surface area contributed by atoms with E-state index in [1.165, 1.54) is 0 Å². The summed E-state index contributed by atoms with van der Waals surface area (Å²) < 4.78 is 6.06. The maximum Gasteiger partial charge on any atom is 0.314 e. The molecule has 1 aromatic rings. The van der Waals surface area contributed by atoms with Crippen molar-refractivity contribution >= 4 is 33.5 Å². The fraction of sp³-hybridized carbons (Fsp3) is 0.500. The van der Waals surface area contributed by atoms with E-state index in [-0.39, 0.29) is 17.8 Å². The highest BCUT2D eigenvalue weighted by Gasteiger charge is 2.30. The minimum absolute atomic E-state index is 0.0261. The van der Waals surface area contributed by atoms with E-state index in [1.54, 1.807) is 0 Å². The lowest BCUT2D eigenvalue weighted by Gasteiger charge is -2.28. The molecule has 1 aromatic carbocycles. The Balaban J connectivity index is 1.83. The van der Waals surface area contributed by atoms with Gasteiger partial charge in [0.05, 0.1) is 19.7 Å². The third kappa shape index (κ3) is 5.10. The van der Waals surface area contributed by atoms with Gasteiger partial charge in [0.15, 0.2) is 6.54 Å². The van der Waals surface area contributed by atoms with Crippen LogP contribution in [0.4, 0.5) is 5.69 Å². The molecular weight excluding hydrogens is 348 g/mol. The molecule has 120 valence electrons. The van der Waals surface area contributed by atoms with E-state index in [1.807, 2.05) is 31.2 Å². The largest absolute Gasteiger partial charge is 0.466 e. The first kappa shape index (κ1) is 17.0. The van der Waals surface area contributed by atoms with Crippen LogP contribution in [0.15, 0.2) is 28.7 Å². The number of anilines is 1. The molecule has 2 rings (SSSR count). The highest BCUT2D eigenvalue weighted by molar-refractivity contribution is 9.10. The number of halogens is 1. The van der Waals surface area contributed by atoms with Crippen molar-refractivity contribution in [3.05, 3.63) is 28.7 Å². The number of hydrogen-bond acceptors (Lipinski definition) is 3. The van der Waals surface area contributed by atoms with Crippen molar-refractivity contribution in [1.82, 2.24) is 0 Å². The summed E-state index contributed by atoms with van der Waals surface area (Å²) in [6.07, 6.45) is 1.81. The van der Waals surface area contributed by atoms with E-state index < -0.39 is 0 Å². The molecule has 0 bridgehead atoms. The summed E-state index contributed by atoms with van der Waals surface area (Å²) in [4.78, 5) is 25.1. The van der Waals surface area contributed by atoms with Gasteiger partial charge in [-0.05, 0) is 44.0 Å². The Morgan fingerprint density at radius 2 is 2.09 bits per heavy atom. The van der Waals surface area contributed by atoms with E-state index in [0.717, 1.165) is 34.4 Å².